The van der Waals surface area contributed by atoms with Gasteiger partial charge in [0.05, 0.1) is 4.90 Å². The Kier molecular flexibility index (Phi) is 3.17. The van der Waals surface area contributed by atoms with E-state index >= 15 is 0 Å². The van der Waals surface area contributed by atoms with Crippen molar-refractivity contribution in [3.05, 3.63) is 29.8 Å². The zero-order chi connectivity index (χ0) is 10.8. The van der Waals surface area contributed by atoms with Gasteiger partial charge in [-0.15, -0.1) is 0 Å². The van der Waals surface area contributed by atoms with Crippen LogP contribution in [0.3, 0.4) is 0 Å². The first-order chi connectivity index (χ1) is 6.45. The number of hydrogen-bond donors (Lipinski definition) is 1. The van der Waals surface area contributed by atoms with Crippen LogP contribution in [-0.4, -0.2) is 19.6 Å². The van der Waals surface area contributed by atoms with Gasteiger partial charge in [-0.3, -0.25) is 4.55 Å². The molecule has 0 bridgehead atoms. The van der Waals surface area contributed by atoms with Crippen molar-refractivity contribution in [2.24, 2.45) is 0 Å². The minimum absolute atomic E-state index is 0.0416. The summed E-state index contributed by atoms with van der Waals surface area (Å²) >= 11 is 0. The maximum atomic E-state index is 12.7. The highest BCUT2D eigenvalue weighted by Crippen LogP contribution is 2.19. The lowest BCUT2D eigenvalue weighted by atomic mass is 10.1. The third-order valence-electron chi connectivity index (χ3n) is 1.68. The molecular formula is C8H8F2O3S. The van der Waals surface area contributed by atoms with E-state index < -0.39 is 23.0 Å². The van der Waals surface area contributed by atoms with E-state index in [2.05, 4.69) is 0 Å². The Morgan fingerprint density at radius 1 is 1.29 bits per heavy atom. The molecule has 0 aliphatic heterocycles. The molecule has 0 aliphatic rings. The fourth-order valence-corrected chi connectivity index (χ4v) is 1.42. The number of hydrogen-bond acceptors (Lipinski definition) is 2. The van der Waals surface area contributed by atoms with E-state index in [1.807, 2.05) is 0 Å². The Morgan fingerprint density at radius 3 is 2.14 bits per heavy atom. The molecular weight excluding hydrogens is 214 g/mol. The highest BCUT2D eigenvalue weighted by Gasteiger charge is 2.12. The molecule has 14 heavy (non-hydrogen) atoms. The Hall–Kier alpha value is -1.01. The maximum Gasteiger partial charge on any atom is 0.294 e. The van der Waals surface area contributed by atoms with E-state index in [1.54, 1.807) is 0 Å². The van der Waals surface area contributed by atoms with Crippen molar-refractivity contribution in [1.82, 2.24) is 0 Å². The minimum Gasteiger partial charge on any atom is -0.282 e. The fourth-order valence-electron chi connectivity index (χ4n) is 0.938. The second-order valence-electron chi connectivity index (χ2n) is 2.67. The molecule has 1 aromatic carbocycles. The molecule has 1 N–H and O–H groups in total. The second-order valence-corrected chi connectivity index (χ2v) is 4.09. The third-order valence-corrected chi connectivity index (χ3v) is 2.54. The first-order valence-electron chi connectivity index (χ1n) is 3.72. The molecule has 0 aliphatic carbocycles. The first kappa shape index (κ1) is 11.1. The molecule has 0 saturated heterocycles. The average molecular weight is 222 g/mol. The van der Waals surface area contributed by atoms with Crippen LogP contribution in [-0.2, 0) is 10.1 Å². The van der Waals surface area contributed by atoms with Gasteiger partial charge in [0.25, 0.3) is 10.1 Å². The summed E-state index contributed by atoms with van der Waals surface area (Å²) in [6.07, 6.45) is -1.76. The molecule has 0 saturated carbocycles. The minimum atomic E-state index is -4.27. The van der Waals surface area contributed by atoms with Crippen LogP contribution >= 0.6 is 0 Å². The second kappa shape index (κ2) is 4.02. The molecule has 1 rings (SSSR count). The van der Waals surface area contributed by atoms with Gasteiger partial charge in [-0.25, -0.2) is 8.78 Å². The van der Waals surface area contributed by atoms with Crippen LogP contribution in [0.5, 0.6) is 0 Å². The van der Waals surface area contributed by atoms with Crippen molar-refractivity contribution in [3.8, 4) is 0 Å². The fraction of sp³-hybridized carbons (Fsp3) is 0.250. The Labute approximate surface area is 80.1 Å². The van der Waals surface area contributed by atoms with Crippen LogP contribution in [0.1, 0.15) is 11.7 Å². The van der Waals surface area contributed by atoms with Crippen LogP contribution in [0.2, 0.25) is 0 Å². The molecule has 0 amide bonds. The Bertz CT molecular complexity index is 399. The largest absolute Gasteiger partial charge is 0.294 e. The highest BCUT2D eigenvalue weighted by molar-refractivity contribution is 7.85. The molecule has 78 valence electrons. The zero-order valence-corrected chi connectivity index (χ0v) is 7.84. The summed E-state index contributed by atoms with van der Waals surface area (Å²) in [6.45, 7) is -1.16. The summed E-state index contributed by atoms with van der Waals surface area (Å²) in [6, 6.07) is 4.28. The van der Waals surface area contributed by atoms with Crippen LogP contribution in [0, 0.1) is 0 Å². The lowest BCUT2D eigenvalue weighted by molar-refractivity contribution is 0.266. The van der Waals surface area contributed by atoms with Crippen molar-refractivity contribution in [2.75, 3.05) is 6.67 Å². The highest BCUT2D eigenvalue weighted by atomic mass is 32.2. The summed E-state index contributed by atoms with van der Waals surface area (Å²) in [4.78, 5) is -0.340. The lowest BCUT2D eigenvalue weighted by Crippen LogP contribution is -1.99. The third kappa shape index (κ3) is 2.49. The first-order valence-corrected chi connectivity index (χ1v) is 5.16. The van der Waals surface area contributed by atoms with E-state index in [0.717, 1.165) is 24.3 Å². The number of rotatable bonds is 3. The SMILES string of the molecule is O=S(=O)(O)c1ccc(C(F)CF)cc1. The van der Waals surface area contributed by atoms with Gasteiger partial charge in [0, 0.05) is 0 Å². The smallest absolute Gasteiger partial charge is 0.282 e. The van der Waals surface area contributed by atoms with E-state index in [1.165, 1.54) is 0 Å². The van der Waals surface area contributed by atoms with E-state index in [9.17, 15) is 17.2 Å². The van der Waals surface area contributed by atoms with Crippen LogP contribution in [0.15, 0.2) is 29.2 Å². The predicted molar refractivity (Wildman–Crippen MR) is 46.1 cm³/mol. The summed E-state index contributed by atoms with van der Waals surface area (Å²) in [7, 11) is -4.27. The van der Waals surface area contributed by atoms with Gasteiger partial charge in [0.1, 0.15) is 6.67 Å². The van der Waals surface area contributed by atoms with Gasteiger partial charge < -0.3 is 0 Å². The molecule has 1 unspecified atom stereocenters. The number of halogens is 2. The van der Waals surface area contributed by atoms with Crippen molar-refractivity contribution in [2.45, 2.75) is 11.1 Å². The lowest BCUT2D eigenvalue weighted by Gasteiger charge is -2.03. The average Bonchev–Trinajstić information content (AvgIpc) is 2.15. The van der Waals surface area contributed by atoms with E-state index in [0.29, 0.717) is 0 Å². The van der Waals surface area contributed by atoms with Gasteiger partial charge in [-0.05, 0) is 17.7 Å². The molecule has 1 atom stereocenters. The van der Waals surface area contributed by atoms with E-state index in [-0.39, 0.29) is 10.5 Å². The summed E-state index contributed by atoms with van der Waals surface area (Å²) < 4.78 is 54.3. The molecule has 0 fully saturated rings. The van der Waals surface area contributed by atoms with Crippen molar-refractivity contribution in [1.29, 1.82) is 0 Å². The molecule has 6 heteroatoms. The normalized spacial score (nSPS) is 13.9. The molecule has 0 aromatic heterocycles. The van der Waals surface area contributed by atoms with Crippen LogP contribution in [0.25, 0.3) is 0 Å². The Balaban J connectivity index is 3.01. The van der Waals surface area contributed by atoms with Gasteiger partial charge in [0.2, 0.25) is 0 Å². The number of benzene rings is 1. The van der Waals surface area contributed by atoms with Crippen molar-refractivity contribution in [3.63, 3.8) is 0 Å². The van der Waals surface area contributed by atoms with Crippen LogP contribution < -0.4 is 0 Å². The molecule has 0 spiro atoms. The zero-order valence-electron chi connectivity index (χ0n) is 7.02. The number of alkyl halides is 2. The van der Waals surface area contributed by atoms with Crippen molar-refractivity contribution >= 4 is 10.1 Å². The molecule has 1 aromatic rings. The standard InChI is InChI=1S/C8H8F2O3S/c9-5-8(10)6-1-3-7(4-2-6)14(11,12)13/h1-4,8H,5H2,(H,11,12,13). The quantitative estimate of drug-likeness (QED) is 0.795. The van der Waals surface area contributed by atoms with Crippen molar-refractivity contribution < 1.29 is 21.8 Å². The monoisotopic (exact) mass is 222 g/mol. The van der Waals surface area contributed by atoms with Gasteiger partial charge in [-0.1, -0.05) is 12.1 Å². The topological polar surface area (TPSA) is 54.4 Å². The molecule has 0 radical (unpaired) electrons. The summed E-state index contributed by atoms with van der Waals surface area (Å²) in [5.41, 5.74) is 0.0416. The van der Waals surface area contributed by atoms with E-state index in [4.69, 9.17) is 4.55 Å². The predicted octanol–water partition coefficient (Wildman–Crippen LogP) is 1.91. The summed E-state index contributed by atoms with van der Waals surface area (Å²) in [5.74, 6) is 0. The molecule has 0 heterocycles. The maximum absolute atomic E-state index is 12.7. The summed E-state index contributed by atoms with van der Waals surface area (Å²) in [5, 5.41) is 0. The van der Waals surface area contributed by atoms with Gasteiger partial charge in [-0.2, -0.15) is 8.42 Å². The Morgan fingerprint density at radius 2 is 1.79 bits per heavy atom. The molecule has 3 nitrogen and oxygen atoms in total. The van der Waals surface area contributed by atoms with Crippen LogP contribution in [0.4, 0.5) is 8.78 Å². The van der Waals surface area contributed by atoms with Gasteiger partial charge in [0.15, 0.2) is 6.17 Å². The van der Waals surface area contributed by atoms with Gasteiger partial charge >= 0.3 is 0 Å².